The topological polar surface area (TPSA) is 49.3 Å². The normalized spacial score (nSPS) is 10.4. The molecule has 0 aliphatic carbocycles. The summed E-state index contributed by atoms with van der Waals surface area (Å²) in [6.45, 7) is 0. The second kappa shape index (κ2) is 5.94. The van der Waals surface area contributed by atoms with Gasteiger partial charge in [-0.05, 0) is 12.0 Å². The van der Waals surface area contributed by atoms with Crippen LogP contribution in [-0.4, -0.2) is 11.1 Å². The van der Waals surface area contributed by atoms with Crippen LogP contribution in [0.3, 0.4) is 0 Å². The molecular formula is C11H12NO2. The first-order valence-electron chi connectivity index (χ1n) is 4.31. The summed E-state index contributed by atoms with van der Waals surface area (Å²) >= 11 is 0. The van der Waals surface area contributed by atoms with Crippen molar-refractivity contribution in [3.63, 3.8) is 0 Å². The number of carbonyl (C=O) groups is 1. The Morgan fingerprint density at radius 2 is 2.07 bits per heavy atom. The van der Waals surface area contributed by atoms with E-state index < -0.39 is 5.91 Å². The number of hydrogen-bond acceptors (Lipinski definition) is 2. The molecule has 1 aromatic rings. The third-order valence-corrected chi connectivity index (χ3v) is 1.65. The highest BCUT2D eigenvalue weighted by molar-refractivity contribution is 5.76. The van der Waals surface area contributed by atoms with E-state index >= 15 is 0 Å². The van der Waals surface area contributed by atoms with Crippen LogP contribution in [0.15, 0.2) is 36.4 Å². The Morgan fingerprint density at radius 1 is 1.36 bits per heavy atom. The second-order valence-corrected chi connectivity index (χ2v) is 2.74. The zero-order valence-electron chi connectivity index (χ0n) is 7.68. The van der Waals surface area contributed by atoms with Crippen molar-refractivity contribution in [2.24, 2.45) is 0 Å². The molecule has 0 saturated heterocycles. The SMILES string of the molecule is O=C(C[CH]/C=C/c1ccccc1)NO. The predicted molar refractivity (Wildman–Crippen MR) is 54.3 cm³/mol. The van der Waals surface area contributed by atoms with Gasteiger partial charge in [-0.2, -0.15) is 0 Å². The first-order chi connectivity index (χ1) is 6.83. The van der Waals surface area contributed by atoms with Crippen molar-refractivity contribution >= 4 is 12.0 Å². The Hall–Kier alpha value is -1.61. The lowest BCUT2D eigenvalue weighted by atomic mass is 10.2. The number of amides is 1. The molecule has 2 N–H and O–H groups in total. The lowest BCUT2D eigenvalue weighted by molar-refractivity contribution is -0.128. The average molecular weight is 190 g/mol. The van der Waals surface area contributed by atoms with E-state index in [1.165, 1.54) is 0 Å². The van der Waals surface area contributed by atoms with Crippen molar-refractivity contribution in [2.75, 3.05) is 0 Å². The fourth-order valence-corrected chi connectivity index (χ4v) is 0.964. The zero-order valence-corrected chi connectivity index (χ0v) is 7.68. The Balaban J connectivity index is 2.31. The van der Waals surface area contributed by atoms with Crippen molar-refractivity contribution in [1.29, 1.82) is 0 Å². The molecule has 3 nitrogen and oxygen atoms in total. The molecule has 0 saturated carbocycles. The highest BCUT2D eigenvalue weighted by Gasteiger charge is 1.94. The first-order valence-corrected chi connectivity index (χ1v) is 4.31. The Bertz CT molecular complexity index is 306. The number of carbonyl (C=O) groups excluding carboxylic acids is 1. The summed E-state index contributed by atoms with van der Waals surface area (Å²) in [4.78, 5) is 10.6. The van der Waals surface area contributed by atoms with E-state index in [1.807, 2.05) is 36.4 Å². The summed E-state index contributed by atoms with van der Waals surface area (Å²) in [7, 11) is 0. The van der Waals surface area contributed by atoms with Crippen molar-refractivity contribution in [2.45, 2.75) is 6.42 Å². The second-order valence-electron chi connectivity index (χ2n) is 2.74. The van der Waals surface area contributed by atoms with Gasteiger partial charge in [0.2, 0.25) is 5.91 Å². The summed E-state index contributed by atoms with van der Waals surface area (Å²) in [5, 5.41) is 8.21. The molecule has 0 aliphatic rings. The third kappa shape index (κ3) is 3.87. The molecule has 1 radical (unpaired) electrons. The minimum atomic E-state index is -0.414. The van der Waals surface area contributed by atoms with Crippen molar-refractivity contribution < 1.29 is 10.0 Å². The summed E-state index contributed by atoms with van der Waals surface area (Å²) in [5.41, 5.74) is 2.64. The largest absolute Gasteiger partial charge is 0.289 e. The molecule has 14 heavy (non-hydrogen) atoms. The molecular weight excluding hydrogens is 178 g/mol. The maximum absolute atomic E-state index is 10.6. The smallest absolute Gasteiger partial charge is 0.243 e. The molecule has 0 atom stereocenters. The molecule has 0 bridgehead atoms. The van der Waals surface area contributed by atoms with Gasteiger partial charge in [-0.3, -0.25) is 10.0 Å². The molecule has 1 aromatic carbocycles. The molecule has 0 spiro atoms. The summed E-state index contributed by atoms with van der Waals surface area (Å²) in [6.07, 6.45) is 5.54. The van der Waals surface area contributed by atoms with Gasteiger partial charge in [-0.25, -0.2) is 5.48 Å². The molecule has 0 heterocycles. The number of rotatable bonds is 4. The van der Waals surface area contributed by atoms with E-state index in [1.54, 1.807) is 18.0 Å². The molecule has 0 unspecified atom stereocenters. The summed E-state index contributed by atoms with van der Waals surface area (Å²) in [6, 6.07) is 9.77. The van der Waals surface area contributed by atoms with E-state index in [9.17, 15) is 4.79 Å². The van der Waals surface area contributed by atoms with Crippen molar-refractivity contribution in [1.82, 2.24) is 5.48 Å². The molecule has 0 aliphatic heterocycles. The van der Waals surface area contributed by atoms with Gasteiger partial charge in [0.05, 0.1) is 0 Å². The van der Waals surface area contributed by atoms with Gasteiger partial charge >= 0.3 is 0 Å². The molecule has 0 fully saturated rings. The van der Waals surface area contributed by atoms with Gasteiger partial charge in [-0.15, -0.1) is 0 Å². The summed E-state index contributed by atoms with van der Waals surface area (Å²) < 4.78 is 0. The van der Waals surface area contributed by atoms with Crippen LogP contribution < -0.4 is 5.48 Å². The number of benzene rings is 1. The number of allylic oxidation sites excluding steroid dienone is 1. The minimum Gasteiger partial charge on any atom is -0.289 e. The molecule has 3 heteroatoms. The van der Waals surface area contributed by atoms with E-state index in [0.29, 0.717) is 0 Å². The van der Waals surface area contributed by atoms with E-state index in [2.05, 4.69) is 0 Å². The fourth-order valence-electron chi connectivity index (χ4n) is 0.964. The van der Waals surface area contributed by atoms with Crippen molar-refractivity contribution in [3.05, 3.63) is 48.4 Å². The monoisotopic (exact) mass is 190 g/mol. The molecule has 0 aromatic heterocycles. The van der Waals surface area contributed by atoms with Gasteiger partial charge in [-0.1, -0.05) is 42.5 Å². The first kappa shape index (κ1) is 10.5. The van der Waals surface area contributed by atoms with E-state index in [-0.39, 0.29) is 6.42 Å². The lowest BCUT2D eigenvalue weighted by Crippen LogP contribution is -2.17. The predicted octanol–water partition coefficient (Wildman–Crippen LogP) is 1.80. The van der Waals surface area contributed by atoms with Crippen molar-refractivity contribution in [3.8, 4) is 0 Å². The maximum atomic E-state index is 10.6. The zero-order chi connectivity index (χ0) is 10.2. The van der Waals surface area contributed by atoms with Gasteiger partial charge in [0, 0.05) is 6.42 Å². The number of hydroxylamine groups is 1. The Kier molecular flexibility index (Phi) is 4.44. The van der Waals surface area contributed by atoms with Crippen LogP contribution in [0.4, 0.5) is 0 Å². The third-order valence-electron chi connectivity index (χ3n) is 1.65. The van der Waals surface area contributed by atoms with E-state index in [4.69, 9.17) is 5.21 Å². The quantitative estimate of drug-likeness (QED) is 0.561. The molecule has 73 valence electrons. The highest BCUT2D eigenvalue weighted by Crippen LogP contribution is 2.02. The molecule has 1 rings (SSSR count). The van der Waals surface area contributed by atoms with E-state index in [0.717, 1.165) is 5.56 Å². The standard InChI is InChI=1S/C11H12NO2/c13-11(12-14)9-5-4-8-10-6-2-1-3-7-10/h1-8,14H,9H2,(H,12,13)/b8-4+. The highest BCUT2D eigenvalue weighted by atomic mass is 16.5. The van der Waals surface area contributed by atoms with Crippen LogP contribution in [0.5, 0.6) is 0 Å². The average Bonchev–Trinajstić information content (AvgIpc) is 2.25. The Labute approximate surface area is 83.0 Å². The lowest BCUT2D eigenvalue weighted by Gasteiger charge is -1.93. The van der Waals surface area contributed by atoms with Gasteiger partial charge in [0.15, 0.2) is 0 Å². The van der Waals surface area contributed by atoms with Gasteiger partial charge in [0.25, 0.3) is 0 Å². The van der Waals surface area contributed by atoms with Gasteiger partial charge < -0.3 is 0 Å². The number of nitrogens with one attached hydrogen (secondary N) is 1. The van der Waals surface area contributed by atoms with Crippen LogP contribution in [0.25, 0.3) is 6.08 Å². The van der Waals surface area contributed by atoms with Crippen LogP contribution in [0.2, 0.25) is 0 Å². The summed E-state index contributed by atoms with van der Waals surface area (Å²) in [5.74, 6) is -0.414. The van der Waals surface area contributed by atoms with Gasteiger partial charge in [0.1, 0.15) is 0 Å². The van der Waals surface area contributed by atoms with Crippen LogP contribution in [-0.2, 0) is 4.79 Å². The fraction of sp³-hybridized carbons (Fsp3) is 0.0909. The Morgan fingerprint density at radius 3 is 2.71 bits per heavy atom. The minimum absolute atomic E-state index is 0.180. The maximum Gasteiger partial charge on any atom is 0.243 e. The molecule has 1 amide bonds. The van der Waals surface area contributed by atoms with Crippen LogP contribution in [0, 0.1) is 6.42 Å². The van der Waals surface area contributed by atoms with Crippen LogP contribution >= 0.6 is 0 Å². The van der Waals surface area contributed by atoms with Crippen LogP contribution in [0.1, 0.15) is 12.0 Å². The number of hydrogen-bond donors (Lipinski definition) is 2.